The zero-order valence-electron chi connectivity index (χ0n) is 17.7. The Morgan fingerprint density at radius 1 is 1.07 bits per heavy atom. The molecule has 0 unspecified atom stereocenters. The van der Waals surface area contributed by atoms with E-state index in [1.165, 1.54) is 12.1 Å². The van der Waals surface area contributed by atoms with Crippen LogP contribution in [0.25, 0.3) is 0 Å². The van der Waals surface area contributed by atoms with Gasteiger partial charge in [-0.3, -0.25) is 0 Å². The molecule has 0 amide bonds. The van der Waals surface area contributed by atoms with Crippen LogP contribution in [0.15, 0.2) is 12.1 Å². The molecule has 2 atom stereocenters. The minimum absolute atomic E-state index is 0.00464. The van der Waals surface area contributed by atoms with Gasteiger partial charge in [0.2, 0.25) is 10.0 Å². The molecule has 1 aliphatic rings. The van der Waals surface area contributed by atoms with Crippen LogP contribution in [0.3, 0.4) is 0 Å². The number of hydrogen-bond donors (Lipinski definition) is 2. The molecule has 0 bridgehead atoms. The molecule has 1 fully saturated rings. The van der Waals surface area contributed by atoms with Gasteiger partial charge in [0.05, 0.1) is 17.5 Å². The van der Waals surface area contributed by atoms with E-state index in [4.69, 9.17) is 4.74 Å². The molecule has 6 nitrogen and oxygen atoms in total. The summed E-state index contributed by atoms with van der Waals surface area (Å²) in [6, 6.07) is 2.64. The van der Waals surface area contributed by atoms with Gasteiger partial charge < -0.3 is 15.0 Å². The number of morpholine rings is 1. The molecule has 1 saturated heterocycles. The van der Waals surface area contributed by atoms with Crippen molar-refractivity contribution in [1.82, 2.24) is 4.72 Å². The largest absolute Gasteiger partial charge is 0.385 e. The first-order valence-corrected chi connectivity index (χ1v) is 11.8. The molecule has 1 aromatic rings. The number of sulfonamides is 1. The molecule has 0 radical (unpaired) electrons. The van der Waals surface area contributed by atoms with E-state index in [0.29, 0.717) is 38.3 Å². The first-order chi connectivity index (χ1) is 13.6. The Kier molecular flexibility index (Phi) is 8.66. The number of ether oxygens (including phenoxy) is 1. The van der Waals surface area contributed by atoms with E-state index in [9.17, 15) is 17.2 Å². The molecular formula is C20H33F2N3O3S. The van der Waals surface area contributed by atoms with E-state index in [-0.39, 0.29) is 17.9 Å². The van der Waals surface area contributed by atoms with E-state index < -0.39 is 26.9 Å². The number of anilines is 2. The minimum atomic E-state index is -3.22. The first kappa shape index (κ1) is 23.8. The van der Waals surface area contributed by atoms with Crippen molar-refractivity contribution in [2.45, 2.75) is 64.4 Å². The lowest BCUT2D eigenvalue weighted by Crippen LogP contribution is -2.46. The highest BCUT2D eigenvalue weighted by molar-refractivity contribution is 7.90. The van der Waals surface area contributed by atoms with Gasteiger partial charge in [-0.25, -0.2) is 21.9 Å². The van der Waals surface area contributed by atoms with Crippen molar-refractivity contribution in [3.05, 3.63) is 23.8 Å². The van der Waals surface area contributed by atoms with Crippen molar-refractivity contribution >= 4 is 21.4 Å². The van der Waals surface area contributed by atoms with E-state index in [1.54, 1.807) is 18.7 Å². The maximum atomic E-state index is 14.6. The molecule has 2 rings (SSSR count). The molecule has 0 saturated carbocycles. The monoisotopic (exact) mass is 433 g/mol. The van der Waals surface area contributed by atoms with Crippen LogP contribution in [0.4, 0.5) is 20.2 Å². The van der Waals surface area contributed by atoms with Gasteiger partial charge in [-0.15, -0.1) is 0 Å². The second kappa shape index (κ2) is 10.5. The molecule has 166 valence electrons. The van der Waals surface area contributed by atoms with Gasteiger partial charge >= 0.3 is 0 Å². The maximum absolute atomic E-state index is 14.6. The molecular weight excluding hydrogens is 400 g/mol. The lowest BCUT2D eigenvalue weighted by Gasteiger charge is -2.37. The molecule has 1 heterocycles. The third kappa shape index (κ3) is 7.08. The van der Waals surface area contributed by atoms with Crippen LogP contribution in [-0.4, -0.2) is 52.1 Å². The first-order valence-electron chi connectivity index (χ1n) is 10.2. The van der Waals surface area contributed by atoms with Crippen LogP contribution >= 0.6 is 0 Å². The predicted molar refractivity (Wildman–Crippen MR) is 113 cm³/mol. The standard InChI is InChI=1S/C20H33F2N3O3S/c1-14(2)29(26,27)24-9-7-5-6-8-23-17-10-18(21)20(19(22)11-17)25-12-15(3)28-16(4)13-25/h10-11,14-16,23-24H,5-9,12-13H2,1-4H3/t15-,16+. The number of hydrogen-bond acceptors (Lipinski definition) is 5. The molecule has 9 heteroatoms. The summed E-state index contributed by atoms with van der Waals surface area (Å²) in [4.78, 5) is 1.70. The number of benzene rings is 1. The number of rotatable bonds is 10. The zero-order valence-corrected chi connectivity index (χ0v) is 18.5. The fourth-order valence-corrected chi connectivity index (χ4v) is 4.13. The molecule has 2 N–H and O–H groups in total. The Morgan fingerprint density at radius 2 is 1.62 bits per heavy atom. The Bertz CT molecular complexity index is 741. The number of nitrogens with one attached hydrogen (secondary N) is 2. The van der Waals surface area contributed by atoms with Gasteiger partial charge in [0.1, 0.15) is 5.69 Å². The Morgan fingerprint density at radius 3 is 2.17 bits per heavy atom. The fourth-order valence-electron chi connectivity index (χ4n) is 3.37. The lowest BCUT2D eigenvalue weighted by molar-refractivity contribution is -0.00557. The van der Waals surface area contributed by atoms with Gasteiger partial charge in [-0.05, 0) is 52.7 Å². The predicted octanol–water partition coefficient (Wildman–Crippen LogP) is 3.49. The normalized spacial score (nSPS) is 20.3. The van der Waals surface area contributed by atoms with Gasteiger partial charge in [0.15, 0.2) is 11.6 Å². The SMILES string of the molecule is CC(C)S(=O)(=O)NCCCCCNc1cc(F)c(N2C[C@@H](C)O[C@@H](C)C2)c(F)c1. The molecule has 29 heavy (non-hydrogen) atoms. The third-order valence-corrected chi connectivity index (χ3v) is 6.71. The molecule has 1 aromatic carbocycles. The highest BCUT2D eigenvalue weighted by Crippen LogP contribution is 2.29. The highest BCUT2D eigenvalue weighted by Gasteiger charge is 2.27. The minimum Gasteiger partial charge on any atom is -0.385 e. The summed E-state index contributed by atoms with van der Waals surface area (Å²) in [5.41, 5.74) is 0.397. The second-order valence-corrected chi connectivity index (χ2v) is 10.2. The highest BCUT2D eigenvalue weighted by atomic mass is 32.2. The summed E-state index contributed by atoms with van der Waals surface area (Å²) < 4.78 is 60.6. The summed E-state index contributed by atoms with van der Waals surface area (Å²) in [5, 5.41) is 2.59. The summed E-state index contributed by atoms with van der Waals surface area (Å²) in [5.74, 6) is -1.17. The van der Waals surface area contributed by atoms with E-state index in [1.807, 2.05) is 13.8 Å². The summed E-state index contributed by atoms with van der Waals surface area (Å²) >= 11 is 0. The second-order valence-electron chi connectivity index (χ2n) is 7.93. The molecule has 1 aliphatic heterocycles. The van der Waals surface area contributed by atoms with Crippen LogP contribution < -0.4 is 14.9 Å². The molecule has 0 spiro atoms. The van der Waals surface area contributed by atoms with Crippen molar-refractivity contribution in [1.29, 1.82) is 0 Å². The average Bonchev–Trinajstić information content (AvgIpc) is 2.59. The number of unbranched alkanes of at least 4 members (excludes halogenated alkanes) is 2. The number of halogens is 2. The van der Waals surface area contributed by atoms with Crippen molar-refractivity contribution < 1.29 is 21.9 Å². The van der Waals surface area contributed by atoms with Crippen LogP contribution in [0.5, 0.6) is 0 Å². The van der Waals surface area contributed by atoms with Gasteiger partial charge in [-0.2, -0.15) is 0 Å². The van der Waals surface area contributed by atoms with Gasteiger partial charge in [-0.1, -0.05) is 6.42 Å². The van der Waals surface area contributed by atoms with Crippen molar-refractivity contribution in [3.63, 3.8) is 0 Å². The van der Waals surface area contributed by atoms with Crippen molar-refractivity contribution in [2.75, 3.05) is 36.4 Å². The van der Waals surface area contributed by atoms with Crippen LogP contribution in [0.1, 0.15) is 47.0 Å². The van der Waals surface area contributed by atoms with Crippen molar-refractivity contribution in [3.8, 4) is 0 Å². The smallest absolute Gasteiger partial charge is 0.213 e. The van der Waals surface area contributed by atoms with Crippen molar-refractivity contribution in [2.24, 2.45) is 0 Å². The Balaban J connectivity index is 1.79. The van der Waals surface area contributed by atoms with E-state index >= 15 is 0 Å². The van der Waals surface area contributed by atoms with Crippen LogP contribution in [-0.2, 0) is 14.8 Å². The lowest BCUT2D eigenvalue weighted by atomic mass is 10.1. The van der Waals surface area contributed by atoms with Crippen LogP contribution in [0, 0.1) is 11.6 Å². The quantitative estimate of drug-likeness (QED) is 0.553. The van der Waals surface area contributed by atoms with E-state index in [2.05, 4.69) is 10.0 Å². The number of nitrogens with zero attached hydrogens (tertiary/aromatic N) is 1. The fraction of sp³-hybridized carbons (Fsp3) is 0.700. The maximum Gasteiger partial charge on any atom is 0.213 e. The van der Waals surface area contributed by atoms with Gasteiger partial charge in [0.25, 0.3) is 0 Å². The third-order valence-electron chi connectivity index (χ3n) is 4.86. The van der Waals surface area contributed by atoms with E-state index in [0.717, 1.165) is 12.8 Å². The summed E-state index contributed by atoms with van der Waals surface area (Å²) in [6.07, 6.45) is 2.12. The summed E-state index contributed by atoms with van der Waals surface area (Å²) in [6.45, 7) is 8.91. The Hall–Kier alpha value is -1.45. The topological polar surface area (TPSA) is 70.7 Å². The zero-order chi connectivity index (χ0) is 21.6. The molecule has 0 aliphatic carbocycles. The molecule has 0 aromatic heterocycles. The Labute approximate surface area is 173 Å². The average molecular weight is 434 g/mol. The van der Waals surface area contributed by atoms with Gasteiger partial charge in [0, 0.05) is 31.9 Å². The van der Waals surface area contributed by atoms with Crippen LogP contribution in [0.2, 0.25) is 0 Å². The summed E-state index contributed by atoms with van der Waals surface area (Å²) in [7, 11) is -3.22.